The van der Waals surface area contributed by atoms with Gasteiger partial charge in [-0.05, 0) is 48.2 Å². The smallest absolute Gasteiger partial charge is 0.0229 e. The molecule has 0 amide bonds. The molecule has 0 aromatic rings. The lowest BCUT2D eigenvalue weighted by molar-refractivity contribution is 0.212. The molecule has 2 unspecified atom stereocenters. The van der Waals surface area contributed by atoms with Crippen LogP contribution in [0.5, 0.6) is 0 Å². The predicted molar refractivity (Wildman–Crippen MR) is 70.9 cm³/mol. The lowest BCUT2D eigenvalue weighted by Gasteiger charge is -2.29. The van der Waals surface area contributed by atoms with Crippen LogP contribution < -0.4 is 5.32 Å². The van der Waals surface area contributed by atoms with Crippen molar-refractivity contribution < 1.29 is 0 Å². The number of hydrogen-bond acceptors (Lipinski definition) is 3. The van der Waals surface area contributed by atoms with Crippen LogP contribution in [-0.2, 0) is 0 Å². The monoisotopic (exact) mass is 227 g/mol. The zero-order valence-electron chi connectivity index (χ0n) is 11.9. The Bertz CT molecular complexity index is 208. The van der Waals surface area contributed by atoms with Crippen LogP contribution in [0.1, 0.15) is 34.1 Å². The molecule has 1 aliphatic heterocycles. The molecular weight excluding hydrogens is 198 g/mol. The molecule has 1 N–H and O–H groups in total. The number of nitrogens with zero attached hydrogens (tertiary/aromatic N) is 2. The first-order chi connectivity index (χ1) is 7.29. The Balaban J connectivity index is 2.31. The van der Waals surface area contributed by atoms with Gasteiger partial charge in [-0.25, -0.2) is 0 Å². The molecule has 0 spiro atoms. The van der Waals surface area contributed by atoms with Crippen LogP contribution >= 0.6 is 0 Å². The van der Waals surface area contributed by atoms with E-state index in [4.69, 9.17) is 0 Å². The SMILES string of the molecule is CC(CNC(C)(C)C)N1CCC(N(C)C)C1. The first kappa shape index (κ1) is 13.9. The first-order valence-electron chi connectivity index (χ1n) is 6.45. The molecule has 16 heavy (non-hydrogen) atoms. The van der Waals surface area contributed by atoms with Crippen LogP contribution in [0.4, 0.5) is 0 Å². The number of likely N-dealkylation sites (N-methyl/N-ethyl adjacent to an activating group) is 1. The maximum absolute atomic E-state index is 3.59. The van der Waals surface area contributed by atoms with Crippen molar-refractivity contribution in [1.82, 2.24) is 15.1 Å². The molecule has 1 saturated heterocycles. The van der Waals surface area contributed by atoms with E-state index < -0.39 is 0 Å². The Hall–Kier alpha value is -0.120. The fraction of sp³-hybridized carbons (Fsp3) is 1.00. The van der Waals surface area contributed by atoms with Crippen LogP contribution in [0.3, 0.4) is 0 Å². The standard InChI is InChI=1S/C13H29N3/c1-11(9-14-13(2,3)4)16-8-7-12(10-16)15(5)6/h11-12,14H,7-10H2,1-6H3. The molecule has 0 saturated carbocycles. The van der Waals surface area contributed by atoms with Crippen LogP contribution in [0.25, 0.3) is 0 Å². The first-order valence-corrected chi connectivity index (χ1v) is 6.45. The van der Waals surface area contributed by atoms with Crippen molar-refractivity contribution in [3.05, 3.63) is 0 Å². The summed E-state index contributed by atoms with van der Waals surface area (Å²) < 4.78 is 0. The fourth-order valence-corrected chi connectivity index (χ4v) is 2.17. The molecular formula is C13H29N3. The van der Waals surface area contributed by atoms with Crippen molar-refractivity contribution in [2.45, 2.75) is 51.7 Å². The highest BCUT2D eigenvalue weighted by atomic mass is 15.3. The molecule has 96 valence electrons. The highest BCUT2D eigenvalue weighted by Crippen LogP contribution is 2.16. The van der Waals surface area contributed by atoms with Gasteiger partial charge in [0.05, 0.1) is 0 Å². The summed E-state index contributed by atoms with van der Waals surface area (Å²) in [7, 11) is 4.37. The number of rotatable bonds is 4. The molecule has 3 nitrogen and oxygen atoms in total. The van der Waals surface area contributed by atoms with Gasteiger partial charge in [0.25, 0.3) is 0 Å². The predicted octanol–water partition coefficient (Wildman–Crippen LogP) is 1.40. The zero-order valence-corrected chi connectivity index (χ0v) is 11.9. The quantitative estimate of drug-likeness (QED) is 0.783. The third-order valence-corrected chi connectivity index (χ3v) is 3.48. The van der Waals surface area contributed by atoms with Crippen LogP contribution in [0, 0.1) is 0 Å². The average Bonchev–Trinajstić information content (AvgIpc) is 2.61. The molecule has 0 radical (unpaired) electrons. The summed E-state index contributed by atoms with van der Waals surface area (Å²) in [5.74, 6) is 0. The van der Waals surface area contributed by atoms with Crippen molar-refractivity contribution >= 4 is 0 Å². The van der Waals surface area contributed by atoms with Crippen molar-refractivity contribution in [1.29, 1.82) is 0 Å². The van der Waals surface area contributed by atoms with E-state index in [-0.39, 0.29) is 5.54 Å². The van der Waals surface area contributed by atoms with E-state index in [2.05, 4.69) is 56.9 Å². The lowest BCUT2D eigenvalue weighted by Crippen LogP contribution is -2.46. The molecule has 0 aliphatic carbocycles. The van der Waals surface area contributed by atoms with Crippen LogP contribution in [-0.4, -0.2) is 61.2 Å². The second kappa shape index (κ2) is 5.48. The Morgan fingerprint density at radius 3 is 2.44 bits per heavy atom. The van der Waals surface area contributed by atoms with E-state index in [0.29, 0.717) is 6.04 Å². The largest absolute Gasteiger partial charge is 0.311 e. The van der Waals surface area contributed by atoms with Gasteiger partial charge in [0.2, 0.25) is 0 Å². The molecule has 1 heterocycles. The van der Waals surface area contributed by atoms with Gasteiger partial charge >= 0.3 is 0 Å². The minimum absolute atomic E-state index is 0.231. The molecule has 3 heteroatoms. The van der Waals surface area contributed by atoms with Gasteiger partial charge in [0, 0.05) is 37.3 Å². The van der Waals surface area contributed by atoms with Gasteiger partial charge < -0.3 is 10.2 Å². The zero-order chi connectivity index (χ0) is 12.3. The third kappa shape index (κ3) is 4.40. The minimum Gasteiger partial charge on any atom is -0.311 e. The van der Waals surface area contributed by atoms with E-state index in [9.17, 15) is 0 Å². The van der Waals surface area contributed by atoms with Crippen LogP contribution in [0.15, 0.2) is 0 Å². The molecule has 1 aliphatic rings. The molecule has 0 aromatic heterocycles. The lowest BCUT2D eigenvalue weighted by atomic mass is 10.1. The van der Waals surface area contributed by atoms with Crippen LogP contribution in [0.2, 0.25) is 0 Å². The van der Waals surface area contributed by atoms with E-state index in [1.165, 1.54) is 19.5 Å². The highest BCUT2D eigenvalue weighted by molar-refractivity contribution is 4.85. The molecule has 1 rings (SSSR count). The van der Waals surface area contributed by atoms with Crippen molar-refractivity contribution in [2.75, 3.05) is 33.7 Å². The molecule has 0 aromatic carbocycles. The van der Waals surface area contributed by atoms with Gasteiger partial charge in [-0.15, -0.1) is 0 Å². The number of likely N-dealkylation sites (tertiary alicyclic amines) is 1. The topological polar surface area (TPSA) is 18.5 Å². The highest BCUT2D eigenvalue weighted by Gasteiger charge is 2.27. The van der Waals surface area contributed by atoms with E-state index in [1.807, 2.05) is 0 Å². The van der Waals surface area contributed by atoms with Gasteiger partial charge in [-0.2, -0.15) is 0 Å². The molecule has 1 fully saturated rings. The average molecular weight is 227 g/mol. The summed E-state index contributed by atoms with van der Waals surface area (Å²) in [4.78, 5) is 4.95. The van der Waals surface area contributed by atoms with E-state index >= 15 is 0 Å². The second-order valence-corrected chi connectivity index (χ2v) is 6.38. The number of nitrogens with one attached hydrogen (secondary N) is 1. The van der Waals surface area contributed by atoms with Gasteiger partial charge in [-0.1, -0.05) is 0 Å². The van der Waals surface area contributed by atoms with Crippen molar-refractivity contribution in [2.24, 2.45) is 0 Å². The summed E-state index contributed by atoms with van der Waals surface area (Å²) in [5.41, 5.74) is 0.231. The molecule has 2 atom stereocenters. The summed E-state index contributed by atoms with van der Waals surface area (Å²) in [6, 6.07) is 1.39. The van der Waals surface area contributed by atoms with Crippen molar-refractivity contribution in [3.8, 4) is 0 Å². The second-order valence-electron chi connectivity index (χ2n) is 6.38. The minimum atomic E-state index is 0.231. The Morgan fingerprint density at radius 1 is 1.38 bits per heavy atom. The normalized spacial score (nSPS) is 25.3. The fourth-order valence-electron chi connectivity index (χ4n) is 2.17. The molecule has 0 bridgehead atoms. The third-order valence-electron chi connectivity index (χ3n) is 3.48. The van der Waals surface area contributed by atoms with Crippen molar-refractivity contribution in [3.63, 3.8) is 0 Å². The maximum Gasteiger partial charge on any atom is 0.0229 e. The van der Waals surface area contributed by atoms with E-state index in [1.54, 1.807) is 0 Å². The summed E-state index contributed by atoms with van der Waals surface area (Å²) in [5, 5.41) is 3.59. The Kier molecular flexibility index (Phi) is 4.77. The van der Waals surface area contributed by atoms with Gasteiger partial charge in [0.1, 0.15) is 0 Å². The summed E-state index contributed by atoms with van der Waals surface area (Å²) in [6.07, 6.45) is 1.31. The van der Waals surface area contributed by atoms with Gasteiger partial charge in [0.15, 0.2) is 0 Å². The van der Waals surface area contributed by atoms with Gasteiger partial charge in [-0.3, -0.25) is 4.90 Å². The number of hydrogen-bond donors (Lipinski definition) is 1. The maximum atomic E-state index is 3.59. The van der Waals surface area contributed by atoms with E-state index in [0.717, 1.165) is 12.6 Å². The Labute approximate surface area is 101 Å². The summed E-state index contributed by atoms with van der Waals surface area (Å²) >= 11 is 0. The Morgan fingerprint density at radius 2 is 2.00 bits per heavy atom. The summed E-state index contributed by atoms with van der Waals surface area (Å²) in [6.45, 7) is 12.6.